The molecule has 0 radical (unpaired) electrons. The van der Waals surface area contributed by atoms with Crippen molar-refractivity contribution in [2.75, 3.05) is 10.6 Å². The molecule has 0 aliphatic rings. The highest BCUT2D eigenvalue weighted by atomic mass is 16.2. The van der Waals surface area contributed by atoms with Crippen LogP contribution in [0.25, 0.3) is 16.8 Å². The summed E-state index contributed by atoms with van der Waals surface area (Å²) < 4.78 is 1.74. The molecule has 0 aliphatic heterocycles. The second-order valence-corrected chi connectivity index (χ2v) is 8.51. The Balaban J connectivity index is 1.52. The van der Waals surface area contributed by atoms with Crippen LogP contribution in [0.3, 0.4) is 0 Å². The number of aromatic amines is 1. The number of anilines is 2. The van der Waals surface area contributed by atoms with E-state index >= 15 is 0 Å². The Morgan fingerprint density at radius 3 is 2.22 bits per heavy atom. The molecule has 2 aromatic carbocycles. The summed E-state index contributed by atoms with van der Waals surface area (Å²) >= 11 is 0. The topological polar surface area (TPSA) is 91.8 Å². The molecule has 32 heavy (non-hydrogen) atoms. The molecule has 2 amide bonds. The number of rotatable bonds is 4. The number of amides is 2. The Bertz CT molecular complexity index is 1260. The first-order valence-electron chi connectivity index (χ1n) is 10.3. The van der Waals surface area contributed by atoms with E-state index in [1.54, 1.807) is 16.9 Å². The molecule has 0 spiro atoms. The minimum atomic E-state index is -0.362. The van der Waals surface area contributed by atoms with E-state index in [2.05, 4.69) is 36.4 Å². The average molecular weight is 428 g/mol. The van der Waals surface area contributed by atoms with Crippen LogP contribution < -0.4 is 16.2 Å². The van der Waals surface area contributed by atoms with Crippen LogP contribution in [0, 0.1) is 0 Å². The highest BCUT2D eigenvalue weighted by Gasteiger charge is 2.21. The molecular formula is C25H25N5O2. The molecule has 0 atom stereocenters. The van der Waals surface area contributed by atoms with E-state index < -0.39 is 0 Å². The van der Waals surface area contributed by atoms with Crippen LogP contribution in [0.4, 0.5) is 16.3 Å². The number of nitrogens with zero attached hydrogens (tertiary/aromatic N) is 2. The molecule has 7 nitrogen and oxygen atoms in total. The molecule has 2 heterocycles. The first-order chi connectivity index (χ1) is 15.3. The number of carbonyl (C=O) groups excluding carboxylic acids is 1. The van der Waals surface area contributed by atoms with Crippen molar-refractivity contribution in [2.45, 2.75) is 26.2 Å². The Labute approximate surface area is 186 Å². The Morgan fingerprint density at radius 1 is 0.906 bits per heavy atom. The lowest BCUT2D eigenvalue weighted by Gasteiger charge is -2.14. The fourth-order valence-corrected chi connectivity index (χ4v) is 3.22. The maximum Gasteiger partial charge on any atom is 0.324 e. The van der Waals surface area contributed by atoms with E-state index in [9.17, 15) is 9.59 Å². The number of benzene rings is 2. The maximum atomic E-state index is 12.7. The Hall–Kier alpha value is -4.13. The predicted molar refractivity (Wildman–Crippen MR) is 127 cm³/mol. The van der Waals surface area contributed by atoms with Gasteiger partial charge in [-0.2, -0.15) is 5.10 Å². The number of hydrogen-bond acceptors (Lipinski definition) is 3. The third-order valence-electron chi connectivity index (χ3n) is 4.98. The summed E-state index contributed by atoms with van der Waals surface area (Å²) in [4.78, 5) is 26.6. The number of nitrogens with one attached hydrogen (secondary N) is 3. The second-order valence-electron chi connectivity index (χ2n) is 8.51. The van der Waals surface area contributed by atoms with Gasteiger partial charge in [0, 0.05) is 29.4 Å². The van der Waals surface area contributed by atoms with Gasteiger partial charge in [-0.25, -0.2) is 9.48 Å². The van der Waals surface area contributed by atoms with Crippen LogP contribution in [0.1, 0.15) is 26.5 Å². The summed E-state index contributed by atoms with van der Waals surface area (Å²) in [6.07, 6.45) is 1.66. The van der Waals surface area contributed by atoms with Gasteiger partial charge < -0.3 is 10.3 Å². The lowest BCUT2D eigenvalue weighted by molar-refractivity contribution is 0.262. The number of urea groups is 1. The van der Waals surface area contributed by atoms with Crippen LogP contribution in [0.5, 0.6) is 0 Å². The lowest BCUT2D eigenvalue weighted by atomic mass is 9.92. The summed E-state index contributed by atoms with van der Waals surface area (Å²) in [7, 11) is 0. The summed E-state index contributed by atoms with van der Waals surface area (Å²) in [6.45, 7) is 6.25. The lowest BCUT2D eigenvalue weighted by Crippen LogP contribution is -2.21. The third-order valence-corrected chi connectivity index (χ3v) is 4.98. The summed E-state index contributed by atoms with van der Waals surface area (Å²) in [5.74, 6) is 0.587. The third kappa shape index (κ3) is 4.78. The number of pyridine rings is 1. The van der Waals surface area contributed by atoms with Gasteiger partial charge in [-0.05, 0) is 41.5 Å². The van der Waals surface area contributed by atoms with E-state index in [4.69, 9.17) is 5.10 Å². The SMILES string of the molecule is CC(C)(C)c1cc(NC(=O)Nc2ccc(-c3ccc(=O)[nH]c3)cc2)n(-c2ccccc2)n1. The summed E-state index contributed by atoms with van der Waals surface area (Å²) in [6, 6.07) is 21.9. The van der Waals surface area contributed by atoms with Gasteiger partial charge in [-0.15, -0.1) is 0 Å². The van der Waals surface area contributed by atoms with Gasteiger partial charge in [-0.1, -0.05) is 51.1 Å². The molecule has 0 unspecified atom stereocenters. The van der Waals surface area contributed by atoms with Gasteiger partial charge in [0.25, 0.3) is 0 Å². The molecule has 4 aromatic rings. The summed E-state index contributed by atoms with van der Waals surface area (Å²) in [5, 5.41) is 10.5. The molecule has 0 saturated heterocycles. The van der Waals surface area contributed by atoms with Crippen molar-refractivity contribution in [1.29, 1.82) is 0 Å². The zero-order chi connectivity index (χ0) is 22.7. The van der Waals surface area contributed by atoms with E-state index in [-0.39, 0.29) is 17.0 Å². The fraction of sp³-hybridized carbons (Fsp3) is 0.160. The minimum Gasteiger partial charge on any atom is -0.328 e. The molecule has 0 fully saturated rings. The van der Waals surface area contributed by atoms with Crippen molar-refractivity contribution < 1.29 is 4.79 Å². The van der Waals surface area contributed by atoms with Crippen LogP contribution in [-0.2, 0) is 5.41 Å². The van der Waals surface area contributed by atoms with Crippen molar-refractivity contribution in [3.63, 3.8) is 0 Å². The number of aromatic nitrogens is 3. The van der Waals surface area contributed by atoms with Gasteiger partial charge in [-0.3, -0.25) is 10.1 Å². The van der Waals surface area contributed by atoms with Crippen molar-refractivity contribution in [2.24, 2.45) is 0 Å². The predicted octanol–water partition coefficient (Wildman–Crippen LogP) is 5.17. The highest BCUT2D eigenvalue weighted by molar-refractivity contribution is 5.99. The number of H-pyrrole nitrogens is 1. The van der Waals surface area contributed by atoms with E-state index in [1.165, 1.54) is 6.07 Å². The maximum absolute atomic E-state index is 12.7. The standard InChI is InChI=1S/C25H25N5O2/c1-25(2,3)21-15-22(30(29-21)20-7-5-4-6-8-20)28-24(32)27-19-12-9-17(10-13-19)18-11-14-23(31)26-16-18/h4-16H,1-3H3,(H,26,31)(H2,27,28,32). The van der Waals surface area contributed by atoms with Crippen molar-refractivity contribution >= 4 is 17.5 Å². The number of para-hydroxylation sites is 1. The second kappa shape index (κ2) is 8.55. The monoisotopic (exact) mass is 427 g/mol. The molecule has 162 valence electrons. The van der Waals surface area contributed by atoms with Crippen molar-refractivity contribution in [1.82, 2.24) is 14.8 Å². The van der Waals surface area contributed by atoms with Crippen LogP contribution >= 0.6 is 0 Å². The largest absolute Gasteiger partial charge is 0.328 e. The van der Waals surface area contributed by atoms with E-state index in [0.29, 0.717) is 11.5 Å². The molecule has 0 saturated carbocycles. The number of hydrogen-bond donors (Lipinski definition) is 3. The molecule has 4 rings (SSSR count). The molecule has 0 bridgehead atoms. The van der Waals surface area contributed by atoms with Gasteiger partial charge in [0.05, 0.1) is 11.4 Å². The zero-order valence-corrected chi connectivity index (χ0v) is 18.2. The van der Waals surface area contributed by atoms with Crippen LogP contribution in [0.2, 0.25) is 0 Å². The highest BCUT2D eigenvalue weighted by Crippen LogP contribution is 2.26. The molecular weight excluding hydrogens is 402 g/mol. The van der Waals surface area contributed by atoms with E-state index in [1.807, 2.05) is 60.7 Å². The van der Waals surface area contributed by atoms with Crippen LogP contribution in [0.15, 0.2) is 83.8 Å². The molecule has 0 aliphatic carbocycles. The summed E-state index contributed by atoms with van der Waals surface area (Å²) in [5.41, 5.74) is 3.91. The smallest absolute Gasteiger partial charge is 0.324 e. The molecule has 2 aromatic heterocycles. The molecule has 7 heteroatoms. The zero-order valence-electron chi connectivity index (χ0n) is 18.2. The fourth-order valence-electron chi connectivity index (χ4n) is 3.22. The normalized spacial score (nSPS) is 11.2. The van der Waals surface area contributed by atoms with Crippen molar-refractivity contribution in [3.05, 3.63) is 95.0 Å². The van der Waals surface area contributed by atoms with E-state index in [0.717, 1.165) is 22.5 Å². The first kappa shape index (κ1) is 21.1. The van der Waals surface area contributed by atoms with Gasteiger partial charge >= 0.3 is 6.03 Å². The van der Waals surface area contributed by atoms with Gasteiger partial charge in [0.15, 0.2) is 0 Å². The van der Waals surface area contributed by atoms with Gasteiger partial charge in [0.2, 0.25) is 5.56 Å². The Morgan fingerprint density at radius 2 is 1.59 bits per heavy atom. The van der Waals surface area contributed by atoms with Gasteiger partial charge in [0.1, 0.15) is 5.82 Å². The van der Waals surface area contributed by atoms with Crippen LogP contribution in [-0.4, -0.2) is 20.8 Å². The number of carbonyl (C=O) groups is 1. The molecule has 3 N–H and O–H groups in total. The Kier molecular flexibility index (Phi) is 5.64. The minimum absolute atomic E-state index is 0.145. The quantitative estimate of drug-likeness (QED) is 0.420. The first-order valence-corrected chi connectivity index (χ1v) is 10.3. The average Bonchev–Trinajstić information content (AvgIpc) is 3.20. The van der Waals surface area contributed by atoms with Crippen molar-refractivity contribution in [3.8, 4) is 16.8 Å².